The van der Waals surface area contributed by atoms with Crippen LogP contribution in [-0.4, -0.2) is 15.8 Å². The Balaban J connectivity index is 2.27. The highest BCUT2D eigenvalue weighted by molar-refractivity contribution is 9.10. The van der Waals surface area contributed by atoms with Gasteiger partial charge in [0.1, 0.15) is 17.3 Å². The molecular formula is C14H15BrN4O. The Morgan fingerprint density at radius 3 is 2.60 bits per heavy atom. The van der Waals surface area contributed by atoms with Gasteiger partial charge in [0.25, 0.3) is 0 Å². The number of rotatable bonds is 4. The first-order valence-corrected chi connectivity index (χ1v) is 6.90. The quantitative estimate of drug-likeness (QED) is 0.662. The number of nitrogens with two attached hydrogens (primary N) is 1. The van der Waals surface area contributed by atoms with Gasteiger partial charge in [0.2, 0.25) is 5.88 Å². The number of ether oxygens (including phenoxy) is 1. The number of aromatic nitrogens is 2. The van der Waals surface area contributed by atoms with E-state index in [2.05, 4.69) is 39.7 Å². The van der Waals surface area contributed by atoms with Gasteiger partial charge in [0.05, 0.1) is 12.4 Å². The van der Waals surface area contributed by atoms with Gasteiger partial charge >= 0.3 is 0 Å². The van der Waals surface area contributed by atoms with Crippen LogP contribution in [0.25, 0.3) is 0 Å². The first kappa shape index (κ1) is 14.5. The Morgan fingerprint density at radius 2 is 2.05 bits per heavy atom. The van der Waals surface area contributed by atoms with Gasteiger partial charge in [-0.3, -0.25) is 5.41 Å². The van der Waals surface area contributed by atoms with E-state index in [0.717, 1.165) is 15.8 Å². The number of nitrogens with one attached hydrogen (secondary N) is 1. The highest BCUT2D eigenvalue weighted by Gasteiger charge is 2.10. The summed E-state index contributed by atoms with van der Waals surface area (Å²) in [5.74, 6) is 1.33. The molecule has 5 nitrogen and oxygen atoms in total. The normalized spacial score (nSPS) is 10.6. The monoisotopic (exact) mass is 334 g/mol. The minimum absolute atomic E-state index is 0.115. The Morgan fingerprint density at radius 1 is 1.30 bits per heavy atom. The minimum atomic E-state index is -0.115. The van der Waals surface area contributed by atoms with Crippen LogP contribution in [-0.2, 0) is 0 Å². The van der Waals surface area contributed by atoms with Gasteiger partial charge in [0.15, 0.2) is 0 Å². The third-order valence-electron chi connectivity index (χ3n) is 2.71. The van der Waals surface area contributed by atoms with E-state index in [1.807, 2.05) is 18.2 Å². The number of amidine groups is 1. The zero-order valence-electron chi connectivity index (χ0n) is 11.2. The van der Waals surface area contributed by atoms with E-state index >= 15 is 0 Å². The maximum Gasteiger partial charge on any atom is 0.237 e. The van der Waals surface area contributed by atoms with Crippen LogP contribution in [0.15, 0.2) is 35.1 Å². The van der Waals surface area contributed by atoms with Gasteiger partial charge in [-0.05, 0) is 29.7 Å². The Hall–Kier alpha value is -1.95. The molecule has 1 heterocycles. The second kappa shape index (κ2) is 6.00. The molecule has 3 N–H and O–H groups in total. The summed E-state index contributed by atoms with van der Waals surface area (Å²) in [6.07, 6.45) is 2.88. The summed E-state index contributed by atoms with van der Waals surface area (Å²) in [5, 5.41) is 7.27. The smallest absolute Gasteiger partial charge is 0.237 e. The average molecular weight is 335 g/mol. The first-order valence-electron chi connectivity index (χ1n) is 6.11. The fourth-order valence-corrected chi connectivity index (χ4v) is 2.06. The molecular weight excluding hydrogens is 320 g/mol. The van der Waals surface area contributed by atoms with Gasteiger partial charge in [0, 0.05) is 4.47 Å². The molecule has 1 aromatic carbocycles. The van der Waals surface area contributed by atoms with Crippen LogP contribution in [0, 0.1) is 5.41 Å². The van der Waals surface area contributed by atoms with E-state index in [0.29, 0.717) is 17.5 Å². The predicted molar refractivity (Wildman–Crippen MR) is 81.4 cm³/mol. The summed E-state index contributed by atoms with van der Waals surface area (Å²) in [4.78, 5) is 8.12. The molecule has 0 amide bonds. The molecule has 0 spiro atoms. The van der Waals surface area contributed by atoms with Gasteiger partial charge in [-0.25, -0.2) is 9.97 Å². The van der Waals surface area contributed by atoms with Crippen molar-refractivity contribution in [2.45, 2.75) is 19.8 Å². The fourth-order valence-electron chi connectivity index (χ4n) is 1.68. The van der Waals surface area contributed by atoms with Crippen molar-refractivity contribution in [3.05, 3.63) is 46.3 Å². The van der Waals surface area contributed by atoms with Crippen molar-refractivity contribution in [3.63, 3.8) is 0 Å². The molecule has 2 rings (SSSR count). The molecule has 0 aliphatic rings. The molecule has 104 valence electrons. The largest absolute Gasteiger partial charge is 0.437 e. The van der Waals surface area contributed by atoms with E-state index < -0.39 is 0 Å². The molecule has 0 aliphatic heterocycles. The number of nitrogens with zero attached hydrogens (tertiary/aromatic N) is 2. The number of halogens is 1. The van der Waals surface area contributed by atoms with Gasteiger partial charge in [-0.1, -0.05) is 29.8 Å². The van der Waals surface area contributed by atoms with E-state index in [4.69, 9.17) is 15.9 Å². The number of benzene rings is 1. The molecule has 0 saturated heterocycles. The highest BCUT2D eigenvalue weighted by Crippen LogP contribution is 2.31. The second-order valence-corrected chi connectivity index (χ2v) is 5.51. The van der Waals surface area contributed by atoms with Gasteiger partial charge < -0.3 is 10.5 Å². The molecule has 0 fully saturated rings. The van der Waals surface area contributed by atoms with E-state index in [1.54, 1.807) is 0 Å². The third-order valence-corrected chi connectivity index (χ3v) is 3.21. The average Bonchev–Trinajstić information content (AvgIpc) is 2.41. The number of hydrogen-bond donors (Lipinski definition) is 2. The van der Waals surface area contributed by atoms with E-state index in [9.17, 15) is 0 Å². The lowest BCUT2D eigenvalue weighted by Gasteiger charge is -2.13. The Labute approximate surface area is 125 Å². The maximum absolute atomic E-state index is 7.27. The van der Waals surface area contributed by atoms with Crippen molar-refractivity contribution >= 4 is 21.8 Å². The molecule has 6 heteroatoms. The maximum atomic E-state index is 7.27. The first-order chi connectivity index (χ1) is 9.47. The summed E-state index contributed by atoms with van der Waals surface area (Å²) in [6.45, 7) is 4.19. The summed E-state index contributed by atoms with van der Waals surface area (Å²) in [7, 11) is 0. The second-order valence-electron chi connectivity index (χ2n) is 4.59. The van der Waals surface area contributed by atoms with Crippen molar-refractivity contribution in [1.82, 2.24) is 9.97 Å². The van der Waals surface area contributed by atoms with Gasteiger partial charge in [-0.2, -0.15) is 0 Å². The highest BCUT2D eigenvalue weighted by atomic mass is 79.9. The molecule has 1 aromatic heterocycles. The van der Waals surface area contributed by atoms with Gasteiger partial charge in [-0.15, -0.1) is 0 Å². The topological polar surface area (TPSA) is 84.9 Å². The standard InChI is InChI=1S/C14H15BrN4O/c1-8(2)10-5-9(15)3-4-12(10)20-13-7-18-11(6-19-13)14(16)17/h3-8H,1-2H3,(H3,16,17). The molecule has 0 aliphatic carbocycles. The SMILES string of the molecule is CC(C)c1cc(Br)ccc1Oc1cnc(C(=N)N)cn1. The lowest BCUT2D eigenvalue weighted by molar-refractivity contribution is 0.451. The van der Waals surface area contributed by atoms with Crippen molar-refractivity contribution in [3.8, 4) is 11.6 Å². The van der Waals surface area contributed by atoms with Crippen molar-refractivity contribution in [1.29, 1.82) is 5.41 Å². The van der Waals surface area contributed by atoms with Crippen molar-refractivity contribution < 1.29 is 4.74 Å². The number of hydrogen-bond acceptors (Lipinski definition) is 4. The van der Waals surface area contributed by atoms with Crippen LogP contribution in [0.3, 0.4) is 0 Å². The summed E-state index contributed by atoms with van der Waals surface area (Å²) >= 11 is 3.45. The van der Waals surface area contributed by atoms with Crippen LogP contribution in [0.1, 0.15) is 31.0 Å². The summed E-state index contributed by atoms with van der Waals surface area (Å²) < 4.78 is 6.76. The zero-order chi connectivity index (χ0) is 14.7. The molecule has 0 saturated carbocycles. The lowest BCUT2D eigenvalue weighted by atomic mass is 10.0. The van der Waals surface area contributed by atoms with Crippen molar-refractivity contribution in [2.75, 3.05) is 0 Å². The molecule has 0 bridgehead atoms. The minimum Gasteiger partial charge on any atom is -0.437 e. The Kier molecular flexibility index (Phi) is 4.34. The summed E-state index contributed by atoms with van der Waals surface area (Å²) in [5.41, 5.74) is 6.74. The Bertz CT molecular complexity index is 626. The van der Waals surface area contributed by atoms with Crippen molar-refractivity contribution in [2.24, 2.45) is 5.73 Å². The third kappa shape index (κ3) is 3.33. The van der Waals surface area contributed by atoms with Crippen LogP contribution in [0.2, 0.25) is 0 Å². The molecule has 0 atom stereocenters. The molecule has 0 unspecified atom stereocenters. The molecule has 20 heavy (non-hydrogen) atoms. The molecule has 2 aromatic rings. The van der Waals surface area contributed by atoms with Crippen LogP contribution in [0.5, 0.6) is 11.6 Å². The lowest BCUT2D eigenvalue weighted by Crippen LogP contribution is -2.13. The van der Waals surface area contributed by atoms with E-state index in [-0.39, 0.29) is 5.84 Å². The summed E-state index contributed by atoms with van der Waals surface area (Å²) in [6, 6.07) is 5.83. The predicted octanol–water partition coefficient (Wildman–Crippen LogP) is 3.44. The molecule has 0 radical (unpaired) electrons. The zero-order valence-corrected chi connectivity index (χ0v) is 12.8. The fraction of sp³-hybridized carbons (Fsp3) is 0.214. The number of nitrogen functional groups attached to an aromatic ring is 1. The van der Waals surface area contributed by atoms with Crippen LogP contribution < -0.4 is 10.5 Å². The van der Waals surface area contributed by atoms with Crippen LogP contribution >= 0.6 is 15.9 Å². The van der Waals surface area contributed by atoms with Crippen LogP contribution in [0.4, 0.5) is 0 Å². The van der Waals surface area contributed by atoms with E-state index in [1.165, 1.54) is 12.4 Å².